The second-order valence-electron chi connectivity index (χ2n) is 6.35. The van der Waals surface area contributed by atoms with Gasteiger partial charge in [-0.1, -0.05) is 12.1 Å². The van der Waals surface area contributed by atoms with Crippen LogP contribution in [0.2, 0.25) is 0 Å². The van der Waals surface area contributed by atoms with Gasteiger partial charge in [0.15, 0.2) is 0 Å². The molecule has 1 aliphatic heterocycles. The van der Waals surface area contributed by atoms with Crippen molar-refractivity contribution >= 4 is 0 Å². The molecule has 2 heterocycles. The van der Waals surface area contributed by atoms with Crippen molar-refractivity contribution in [2.75, 3.05) is 26.8 Å². The molecule has 1 aromatic carbocycles. The molecule has 0 spiro atoms. The zero-order valence-corrected chi connectivity index (χ0v) is 13.7. The first-order valence-electron chi connectivity index (χ1n) is 7.99. The van der Waals surface area contributed by atoms with Gasteiger partial charge >= 0.3 is 0 Å². The Balaban J connectivity index is 1.71. The average Bonchev–Trinajstić information content (AvgIpc) is 3.06. The van der Waals surface area contributed by atoms with E-state index in [-0.39, 0.29) is 0 Å². The van der Waals surface area contributed by atoms with E-state index in [1.807, 2.05) is 11.6 Å². The van der Waals surface area contributed by atoms with Crippen molar-refractivity contribution in [1.29, 1.82) is 0 Å². The van der Waals surface area contributed by atoms with Crippen LogP contribution >= 0.6 is 0 Å². The lowest BCUT2D eigenvalue weighted by atomic mass is 10.1. The maximum atomic E-state index is 5.28. The van der Waals surface area contributed by atoms with E-state index in [1.165, 1.54) is 17.7 Å². The molecule has 22 heavy (non-hydrogen) atoms. The lowest BCUT2D eigenvalue weighted by Crippen LogP contribution is -2.21. The van der Waals surface area contributed by atoms with E-state index in [0.29, 0.717) is 5.92 Å². The molecule has 4 heteroatoms. The summed E-state index contributed by atoms with van der Waals surface area (Å²) in [7, 11) is 1.79. The molecule has 0 amide bonds. The van der Waals surface area contributed by atoms with Crippen LogP contribution < -0.4 is 0 Å². The predicted molar refractivity (Wildman–Crippen MR) is 88.3 cm³/mol. The van der Waals surface area contributed by atoms with Crippen LogP contribution in [0.4, 0.5) is 0 Å². The molecule has 1 fully saturated rings. The Morgan fingerprint density at radius 1 is 1.27 bits per heavy atom. The minimum absolute atomic E-state index is 0.684. The maximum absolute atomic E-state index is 5.28. The Hall–Kier alpha value is -1.65. The quantitative estimate of drug-likeness (QED) is 0.850. The fourth-order valence-electron chi connectivity index (χ4n) is 3.36. The average molecular weight is 299 g/mol. The molecular formula is C18H25N3O. The molecule has 2 aromatic rings. The number of rotatable bonds is 5. The third kappa shape index (κ3) is 3.39. The zero-order valence-electron chi connectivity index (χ0n) is 13.7. The summed E-state index contributed by atoms with van der Waals surface area (Å²) in [5.41, 5.74) is 4.74. The highest BCUT2D eigenvalue weighted by molar-refractivity contribution is 5.37. The highest BCUT2D eigenvalue weighted by atomic mass is 16.5. The Morgan fingerprint density at radius 2 is 2.14 bits per heavy atom. The van der Waals surface area contributed by atoms with E-state index in [4.69, 9.17) is 4.74 Å². The molecule has 4 nitrogen and oxygen atoms in total. The summed E-state index contributed by atoms with van der Waals surface area (Å²) in [6.45, 7) is 8.32. The molecule has 0 aliphatic carbocycles. The lowest BCUT2D eigenvalue weighted by molar-refractivity contribution is 0.152. The number of aromatic nitrogens is 2. The number of hydrogen-bond donors (Lipinski definition) is 0. The number of aryl methyl sites for hydroxylation is 2. The van der Waals surface area contributed by atoms with Crippen LogP contribution in [0.3, 0.4) is 0 Å². The fraction of sp³-hybridized carbons (Fsp3) is 0.500. The van der Waals surface area contributed by atoms with E-state index in [1.54, 1.807) is 7.11 Å². The van der Waals surface area contributed by atoms with Gasteiger partial charge in [-0.15, -0.1) is 0 Å². The second kappa shape index (κ2) is 6.63. The first kappa shape index (κ1) is 15.3. The van der Waals surface area contributed by atoms with Crippen molar-refractivity contribution < 1.29 is 4.74 Å². The third-order valence-corrected chi connectivity index (χ3v) is 4.34. The van der Waals surface area contributed by atoms with Gasteiger partial charge in [0.2, 0.25) is 0 Å². The van der Waals surface area contributed by atoms with Crippen molar-refractivity contribution in [2.24, 2.45) is 5.92 Å². The van der Waals surface area contributed by atoms with Gasteiger partial charge in [-0.25, -0.2) is 4.68 Å². The zero-order chi connectivity index (χ0) is 15.5. The molecule has 0 saturated carbocycles. The summed E-state index contributed by atoms with van der Waals surface area (Å²) < 4.78 is 7.30. The summed E-state index contributed by atoms with van der Waals surface area (Å²) in [5, 5.41) is 4.58. The maximum Gasteiger partial charge on any atom is 0.0651 e. The predicted octanol–water partition coefficient (Wildman–Crippen LogP) is 2.96. The van der Waals surface area contributed by atoms with Crippen LogP contribution in [0.1, 0.15) is 23.4 Å². The van der Waals surface area contributed by atoms with Crippen LogP contribution in [0, 0.1) is 19.8 Å². The van der Waals surface area contributed by atoms with Gasteiger partial charge in [0.1, 0.15) is 0 Å². The van der Waals surface area contributed by atoms with Crippen LogP contribution in [0.25, 0.3) is 5.69 Å². The molecule has 1 saturated heterocycles. The van der Waals surface area contributed by atoms with Gasteiger partial charge in [0.05, 0.1) is 18.0 Å². The van der Waals surface area contributed by atoms with E-state index in [9.17, 15) is 0 Å². The molecule has 1 atom stereocenters. The van der Waals surface area contributed by atoms with E-state index in [0.717, 1.165) is 37.6 Å². The highest BCUT2D eigenvalue weighted by Crippen LogP contribution is 2.20. The Morgan fingerprint density at radius 3 is 2.86 bits per heavy atom. The number of nitrogens with zero attached hydrogens (tertiary/aromatic N) is 3. The number of benzene rings is 1. The first-order chi connectivity index (χ1) is 10.7. The highest BCUT2D eigenvalue weighted by Gasteiger charge is 2.22. The molecule has 0 bridgehead atoms. The molecule has 0 N–H and O–H groups in total. The van der Waals surface area contributed by atoms with Gasteiger partial charge < -0.3 is 4.74 Å². The van der Waals surface area contributed by atoms with E-state index in [2.05, 4.69) is 47.3 Å². The van der Waals surface area contributed by atoms with E-state index >= 15 is 0 Å². The van der Waals surface area contributed by atoms with Crippen LogP contribution in [0.15, 0.2) is 30.3 Å². The minimum atomic E-state index is 0.684. The molecule has 3 rings (SSSR count). The smallest absolute Gasteiger partial charge is 0.0651 e. The monoisotopic (exact) mass is 299 g/mol. The Bertz CT molecular complexity index is 635. The topological polar surface area (TPSA) is 30.3 Å². The summed E-state index contributed by atoms with van der Waals surface area (Å²) in [6.07, 6.45) is 1.24. The fourth-order valence-corrected chi connectivity index (χ4v) is 3.36. The molecule has 0 radical (unpaired) electrons. The lowest BCUT2D eigenvalue weighted by Gasteiger charge is -2.16. The number of hydrogen-bond acceptors (Lipinski definition) is 3. The van der Waals surface area contributed by atoms with Gasteiger partial charge in [0, 0.05) is 25.9 Å². The van der Waals surface area contributed by atoms with Crippen molar-refractivity contribution in [3.63, 3.8) is 0 Å². The Kier molecular flexibility index (Phi) is 4.60. The summed E-state index contributed by atoms with van der Waals surface area (Å²) in [6, 6.07) is 10.8. The molecule has 1 aliphatic rings. The summed E-state index contributed by atoms with van der Waals surface area (Å²) >= 11 is 0. The SMILES string of the molecule is COCC1CCN(Cc2cccc(-n3nc(C)cc3C)c2)C1. The van der Waals surface area contributed by atoms with Crippen LogP contribution in [-0.2, 0) is 11.3 Å². The summed E-state index contributed by atoms with van der Waals surface area (Å²) in [4.78, 5) is 2.52. The van der Waals surface area contributed by atoms with Crippen LogP contribution in [-0.4, -0.2) is 41.5 Å². The van der Waals surface area contributed by atoms with Gasteiger partial charge in [-0.2, -0.15) is 5.10 Å². The third-order valence-electron chi connectivity index (χ3n) is 4.34. The standard InChI is InChI=1S/C18H25N3O/c1-14-9-15(2)21(19-14)18-6-4-5-16(10-18)11-20-8-7-17(12-20)13-22-3/h4-6,9-10,17H,7-8,11-13H2,1-3H3. The molecular weight excluding hydrogens is 274 g/mol. The van der Waals surface area contributed by atoms with E-state index < -0.39 is 0 Å². The molecule has 118 valence electrons. The number of likely N-dealkylation sites (tertiary alicyclic amines) is 1. The number of ether oxygens (including phenoxy) is 1. The largest absolute Gasteiger partial charge is 0.384 e. The second-order valence-corrected chi connectivity index (χ2v) is 6.35. The Labute approximate surface area is 132 Å². The van der Waals surface area contributed by atoms with Gasteiger partial charge in [-0.3, -0.25) is 4.90 Å². The van der Waals surface area contributed by atoms with Crippen molar-refractivity contribution in [3.05, 3.63) is 47.3 Å². The normalized spacial score (nSPS) is 19.0. The first-order valence-corrected chi connectivity index (χ1v) is 7.99. The molecule has 1 unspecified atom stereocenters. The van der Waals surface area contributed by atoms with Crippen LogP contribution in [0.5, 0.6) is 0 Å². The van der Waals surface area contributed by atoms with Crippen molar-refractivity contribution in [3.8, 4) is 5.69 Å². The van der Waals surface area contributed by atoms with Gasteiger partial charge in [-0.05, 0) is 56.5 Å². The minimum Gasteiger partial charge on any atom is -0.384 e. The van der Waals surface area contributed by atoms with Gasteiger partial charge in [0.25, 0.3) is 0 Å². The van der Waals surface area contributed by atoms with Crippen molar-refractivity contribution in [1.82, 2.24) is 14.7 Å². The van der Waals surface area contributed by atoms with Crippen molar-refractivity contribution in [2.45, 2.75) is 26.8 Å². The summed E-state index contributed by atoms with van der Waals surface area (Å²) in [5.74, 6) is 0.684. The number of methoxy groups -OCH3 is 1. The molecule has 1 aromatic heterocycles.